The van der Waals surface area contributed by atoms with Crippen LogP contribution in [0.4, 0.5) is 0 Å². The van der Waals surface area contributed by atoms with Crippen LogP contribution in [0.15, 0.2) is 23.9 Å². The minimum atomic E-state index is 0.274. The van der Waals surface area contributed by atoms with Crippen LogP contribution in [-0.4, -0.2) is 17.4 Å². The first kappa shape index (κ1) is 5.71. The third-order valence-electron chi connectivity index (χ3n) is 1.96. The predicted molar refractivity (Wildman–Crippen MR) is 38.2 cm³/mol. The van der Waals surface area contributed by atoms with Gasteiger partial charge in [-0.25, -0.2) is 0 Å². The molecule has 0 unspecified atom stereocenters. The standard InChI is InChI=1S/C8H9NO/c10-8-5-4-7-3-1-2-6-9(7)8/h1-3H,4-6H2. The van der Waals surface area contributed by atoms with E-state index in [-0.39, 0.29) is 5.91 Å². The Morgan fingerprint density at radius 2 is 2.30 bits per heavy atom. The van der Waals surface area contributed by atoms with Crippen LogP contribution in [0, 0.1) is 0 Å². The second kappa shape index (κ2) is 1.97. The minimum Gasteiger partial charge on any atom is -0.312 e. The molecule has 0 bridgehead atoms. The number of nitrogens with zero attached hydrogens (tertiary/aromatic N) is 1. The summed E-state index contributed by atoms with van der Waals surface area (Å²) < 4.78 is 0. The molecule has 1 amide bonds. The highest BCUT2D eigenvalue weighted by molar-refractivity contribution is 5.81. The van der Waals surface area contributed by atoms with Crippen LogP contribution in [0.1, 0.15) is 12.8 Å². The SMILES string of the molecule is O=C1CCC2=CC=CCN12. The molecule has 2 aliphatic rings. The first-order valence-electron chi connectivity index (χ1n) is 3.54. The number of hydrogen-bond acceptors (Lipinski definition) is 1. The van der Waals surface area contributed by atoms with E-state index in [1.807, 2.05) is 23.1 Å². The third-order valence-corrected chi connectivity index (χ3v) is 1.96. The smallest absolute Gasteiger partial charge is 0.227 e. The van der Waals surface area contributed by atoms with E-state index >= 15 is 0 Å². The largest absolute Gasteiger partial charge is 0.312 e. The number of hydrogen-bond donors (Lipinski definition) is 0. The van der Waals surface area contributed by atoms with Crippen molar-refractivity contribution >= 4 is 5.91 Å². The van der Waals surface area contributed by atoms with Crippen LogP contribution in [0.2, 0.25) is 0 Å². The number of carbonyl (C=O) groups excluding carboxylic acids is 1. The topological polar surface area (TPSA) is 20.3 Å². The molecule has 2 aliphatic heterocycles. The van der Waals surface area contributed by atoms with Crippen molar-refractivity contribution in [2.75, 3.05) is 6.54 Å². The zero-order valence-corrected chi connectivity index (χ0v) is 5.71. The van der Waals surface area contributed by atoms with Crippen molar-refractivity contribution in [3.8, 4) is 0 Å². The van der Waals surface area contributed by atoms with E-state index < -0.39 is 0 Å². The van der Waals surface area contributed by atoms with Crippen LogP contribution in [0.5, 0.6) is 0 Å². The number of amides is 1. The van der Waals surface area contributed by atoms with Crippen molar-refractivity contribution < 1.29 is 4.79 Å². The Bertz CT molecular complexity index is 227. The van der Waals surface area contributed by atoms with Crippen molar-refractivity contribution in [1.82, 2.24) is 4.90 Å². The Hall–Kier alpha value is -1.05. The molecule has 0 N–H and O–H groups in total. The van der Waals surface area contributed by atoms with Crippen LogP contribution < -0.4 is 0 Å². The Labute approximate surface area is 59.8 Å². The van der Waals surface area contributed by atoms with E-state index in [9.17, 15) is 4.79 Å². The highest BCUT2D eigenvalue weighted by Crippen LogP contribution is 2.23. The molecular formula is C8H9NO. The van der Waals surface area contributed by atoms with Crippen molar-refractivity contribution in [2.24, 2.45) is 0 Å². The molecule has 0 aliphatic carbocycles. The number of allylic oxidation sites excluding steroid dienone is 3. The second-order valence-electron chi connectivity index (χ2n) is 2.59. The molecule has 0 aromatic rings. The third kappa shape index (κ3) is 0.685. The molecule has 0 aromatic carbocycles. The van der Waals surface area contributed by atoms with Crippen LogP contribution in [0.3, 0.4) is 0 Å². The van der Waals surface area contributed by atoms with Crippen LogP contribution >= 0.6 is 0 Å². The summed E-state index contributed by atoms with van der Waals surface area (Å²) in [6.07, 6.45) is 7.68. The number of fused-ring (bicyclic) bond motifs is 1. The van der Waals surface area contributed by atoms with E-state index in [1.54, 1.807) is 0 Å². The minimum absolute atomic E-state index is 0.274. The highest BCUT2D eigenvalue weighted by Gasteiger charge is 2.24. The predicted octanol–water partition coefficient (Wildman–Crippen LogP) is 1.06. The molecule has 0 saturated carbocycles. The second-order valence-corrected chi connectivity index (χ2v) is 2.59. The van der Waals surface area contributed by atoms with Gasteiger partial charge in [-0.1, -0.05) is 12.2 Å². The summed E-state index contributed by atoms with van der Waals surface area (Å²) >= 11 is 0. The zero-order valence-electron chi connectivity index (χ0n) is 5.71. The van der Waals surface area contributed by atoms with E-state index in [2.05, 4.69) is 0 Å². The molecule has 0 aromatic heterocycles. The fourth-order valence-corrected chi connectivity index (χ4v) is 1.40. The Morgan fingerprint density at radius 1 is 1.40 bits per heavy atom. The lowest BCUT2D eigenvalue weighted by atomic mass is 10.2. The van der Waals surface area contributed by atoms with Crippen molar-refractivity contribution in [2.45, 2.75) is 12.8 Å². The Kier molecular flexibility index (Phi) is 1.13. The quantitative estimate of drug-likeness (QED) is 0.486. The van der Waals surface area contributed by atoms with E-state index in [0.29, 0.717) is 6.42 Å². The number of carbonyl (C=O) groups is 1. The fraction of sp³-hybridized carbons (Fsp3) is 0.375. The maximum absolute atomic E-state index is 11.1. The normalized spacial score (nSPS) is 23.0. The van der Waals surface area contributed by atoms with Gasteiger partial charge in [-0.3, -0.25) is 4.79 Å². The van der Waals surface area contributed by atoms with Crippen LogP contribution in [-0.2, 0) is 4.79 Å². The molecule has 52 valence electrons. The average molecular weight is 135 g/mol. The molecule has 0 radical (unpaired) electrons. The van der Waals surface area contributed by atoms with Crippen molar-refractivity contribution in [3.05, 3.63) is 23.9 Å². The molecule has 1 saturated heterocycles. The van der Waals surface area contributed by atoms with Gasteiger partial charge in [0.25, 0.3) is 0 Å². The van der Waals surface area contributed by atoms with Gasteiger partial charge in [0.15, 0.2) is 0 Å². The van der Waals surface area contributed by atoms with Gasteiger partial charge in [0, 0.05) is 18.7 Å². The molecular weight excluding hydrogens is 126 g/mol. The molecule has 2 heteroatoms. The molecule has 1 fully saturated rings. The van der Waals surface area contributed by atoms with Gasteiger partial charge in [-0.05, 0) is 12.5 Å². The van der Waals surface area contributed by atoms with Gasteiger partial charge in [-0.15, -0.1) is 0 Å². The summed E-state index contributed by atoms with van der Waals surface area (Å²) in [4.78, 5) is 12.9. The van der Waals surface area contributed by atoms with E-state index in [0.717, 1.165) is 13.0 Å². The summed E-state index contributed by atoms with van der Waals surface area (Å²) in [5.74, 6) is 0.274. The Morgan fingerprint density at radius 3 is 3.10 bits per heavy atom. The van der Waals surface area contributed by atoms with Gasteiger partial charge in [0.1, 0.15) is 0 Å². The summed E-state index contributed by atoms with van der Waals surface area (Å²) in [5.41, 5.74) is 1.19. The lowest BCUT2D eigenvalue weighted by Gasteiger charge is -2.17. The molecule has 2 heterocycles. The van der Waals surface area contributed by atoms with Crippen molar-refractivity contribution in [3.63, 3.8) is 0 Å². The molecule has 2 nitrogen and oxygen atoms in total. The molecule has 10 heavy (non-hydrogen) atoms. The van der Waals surface area contributed by atoms with Crippen molar-refractivity contribution in [1.29, 1.82) is 0 Å². The van der Waals surface area contributed by atoms with Gasteiger partial charge in [0.05, 0.1) is 0 Å². The van der Waals surface area contributed by atoms with Gasteiger partial charge >= 0.3 is 0 Å². The maximum atomic E-state index is 11.1. The van der Waals surface area contributed by atoms with Crippen LogP contribution in [0.25, 0.3) is 0 Å². The molecule has 0 atom stereocenters. The zero-order chi connectivity index (χ0) is 6.97. The Balaban J connectivity index is 2.31. The summed E-state index contributed by atoms with van der Waals surface area (Å²) in [6.45, 7) is 0.782. The first-order valence-corrected chi connectivity index (χ1v) is 3.54. The molecule has 2 rings (SSSR count). The fourth-order valence-electron chi connectivity index (χ4n) is 1.40. The van der Waals surface area contributed by atoms with E-state index in [4.69, 9.17) is 0 Å². The van der Waals surface area contributed by atoms with Gasteiger partial charge in [0.2, 0.25) is 5.91 Å². The average Bonchev–Trinajstić information content (AvgIpc) is 2.34. The van der Waals surface area contributed by atoms with Gasteiger partial charge in [-0.2, -0.15) is 0 Å². The number of rotatable bonds is 0. The maximum Gasteiger partial charge on any atom is 0.227 e. The van der Waals surface area contributed by atoms with Gasteiger partial charge < -0.3 is 4.90 Å². The summed E-state index contributed by atoms with van der Waals surface area (Å²) in [5, 5.41) is 0. The first-order chi connectivity index (χ1) is 4.88. The summed E-state index contributed by atoms with van der Waals surface area (Å²) in [6, 6.07) is 0. The molecule has 0 spiro atoms. The summed E-state index contributed by atoms with van der Waals surface area (Å²) in [7, 11) is 0. The van der Waals surface area contributed by atoms with E-state index in [1.165, 1.54) is 5.70 Å². The lowest BCUT2D eigenvalue weighted by Crippen LogP contribution is -2.24. The highest BCUT2D eigenvalue weighted by atomic mass is 16.2. The lowest BCUT2D eigenvalue weighted by molar-refractivity contribution is -0.126. The monoisotopic (exact) mass is 135 g/mol.